The summed E-state index contributed by atoms with van der Waals surface area (Å²) in [5.74, 6) is -1.26. The zero-order chi connectivity index (χ0) is 41.0. The minimum atomic E-state index is -4.89. The number of nitrogen functional groups attached to an aromatic ring is 1. The first-order chi connectivity index (χ1) is 26.9. The van der Waals surface area contributed by atoms with Crippen molar-refractivity contribution in [1.29, 1.82) is 0 Å². The van der Waals surface area contributed by atoms with Gasteiger partial charge < -0.3 is 25.2 Å². The van der Waals surface area contributed by atoms with Crippen molar-refractivity contribution in [3.05, 3.63) is 81.4 Å². The molecule has 0 radical (unpaired) electrons. The number of fused-ring (bicyclic) bond motifs is 2. The molecule has 3 fully saturated rings. The van der Waals surface area contributed by atoms with Crippen LogP contribution < -0.4 is 15.4 Å². The molecule has 1 aromatic carbocycles. The van der Waals surface area contributed by atoms with Crippen LogP contribution in [0, 0.1) is 19.7 Å². The molecule has 6 heterocycles. The van der Waals surface area contributed by atoms with Gasteiger partial charge in [-0.05, 0) is 102 Å². The van der Waals surface area contributed by atoms with E-state index in [0.717, 1.165) is 61.7 Å². The van der Waals surface area contributed by atoms with Crippen molar-refractivity contribution in [1.82, 2.24) is 34.6 Å². The van der Waals surface area contributed by atoms with Crippen molar-refractivity contribution in [2.75, 3.05) is 64.1 Å². The second kappa shape index (κ2) is 15.5. The Balaban J connectivity index is 1.24. The number of benzene rings is 1. The van der Waals surface area contributed by atoms with Crippen LogP contribution in [-0.4, -0.2) is 106 Å². The molecule has 57 heavy (non-hydrogen) atoms. The summed E-state index contributed by atoms with van der Waals surface area (Å²) in [5, 5.41) is -0.153. The molecule has 2 N–H and O–H groups in total. The number of anilines is 2. The summed E-state index contributed by atoms with van der Waals surface area (Å²) in [7, 11) is 3.98. The minimum absolute atomic E-state index is 0.135. The van der Waals surface area contributed by atoms with Gasteiger partial charge in [-0.15, -0.1) is 0 Å². The predicted octanol–water partition coefficient (Wildman–Crippen LogP) is 7.08. The third-order valence-electron chi connectivity index (χ3n) is 11.1. The van der Waals surface area contributed by atoms with Gasteiger partial charge in [0.15, 0.2) is 5.82 Å². The molecule has 3 aromatic heterocycles. The smallest absolute Gasteiger partial charge is 0.418 e. The average Bonchev–Trinajstić information content (AvgIpc) is 3.65. The fourth-order valence-corrected chi connectivity index (χ4v) is 8.75. The molecule has 302 valence electrons. The van der Waals surface area contributed by atoms with Gasteiger partial charge in [0.25, 0.3) is 0 Å². The highest BCUT2D eigenvalue weighted by molar-refractivity contribution is 6.34. The summed E-state index contributed by atoms with van der Waals surface area (Å²) < 4.78 is 66.6. The molecule has 7 rings (SSSR count). The van der Waals surface area contributed by atoms with Gasteiger partial charge in [-0.3, -0.25) is 14.7 Å². The lowest BCUT2D eigenvalue weighted by atomic mass is 9.94. The van der Waals surface area contributed by atoms with Crippen LogP contribution in [0.3, 0.4) is 0 Å². The quantitative estimate of drug-likeness (QED) is 0.107. The summed E-state index contributed by atoms with van der Waals surface area (Å²) >= 11 is 6.70. The molecule has 16 heteroatoms. The van der Waals surface area contributed by atoms with Gasteiger partial charge in [0.05, 0.1) is 33.1 Å². The van der Waals surface area contributed by atoms with E-state index in [1.165, 1.54) is 19.1 Å². The number of aryl methyl sites for hydroxylation is 2. The molecule has 4 aromatic rings. The lowest BCUT2D eigenvalue weighted by Gasteiger charge is -2.40. The van der Waals surface area contributed by atoms with Crippen molar-refractivity contribution in [3.63, 3.8) is 0 Å². The van der Waals surface area contributed by atoms with E-state index < -0.39 is 28.8 Å². The van der Waals surface area contributed by atoms with Crippen LogP contribution in [-0.2, 0) is 17.5 Å². The number of carbonyl (C=O) groups is 1. The van der Waals surface area contributed by atoms with E-state index in [-0.39, 0.29) is 63.2 Å². The number of pyridine rings is 2. The predicted molar refractivity (Wildman–Crippen MR) is 213 cm³/mol. The van der Waals surface area contributed by atoms with Crippen LogP contribution in [0.15, 0.2) is 42.6 Å². The van der Waals surface area contributed by atoms with Crippen molar-refractivity contribution >= 4 is 46.1 Å². The van der Waals surface area contributed by atoms with Crippen molar-refractivity contribution in [2.45, 2.75) is 64.3 Å². The number of aromatic nitrogens is 4. The van der Waals surface area contributed by atoms with Crippen LogP contribution in [0.2, 0.25) is 5.02 Å². The lowest BCUT2D eigenvalue weighted by molar-refractivity contribution is -0.137. The molecule has 3 aliphatic heterocycles. The Bertz CT molecular complexity index is 2280. The van der Waals surface area contributed by atoms with Crippen LogP contribution in [0.25, 0.3) is 28.2 Å². The third-order valence-corrected chi connectivity index (χ3v) is 11.4. The highest BCUT2D eigenvalue weighted by Gasteiger charge is 2.47. The fourth-order valence-electron chi connectivity index (χ4n) is 8.46. The Morgan fingerprint density at radius 3 is 2.63 bits per heavy atom. The van der Waals surface area contributed by atoms with Gasteiger partial charge in [-0.1, -0.05) is 23.8 Å². The molecule has 0 unspecified atom stereocenters. The Morgan fingerprint density at radius 2 is 1.91 bits per heavy atom. The largest absolute Gasteiger partial charge is 0.461 e. The van der Waals surface area contributed by atoms with Crippen LogP contribution in [0.4, 0.5) is 29.2 Å². The molecule has 3 aliphatic rings. The Morgan fingerprint density at radius 1 is 1.14 bits per heavy atom. The number of amides is 1. The van der Waals surface area contributed by atoms with E-state index in [2.05, 4.69) is 31.3 Å². The summed E-state index contributed by atoms with van der Waals surface area (Å²) in [6.07, 6.45) is 2.71. The van der Waals surface area contributed by atoms with Crippen LogP contribution in [0.1, 0.15) is 54.1 Å². The summed E-state index contributed by atoms with van der Waals surface area (Å²) in [4.78, 5) is 39.2. The first-order valence-electron chi connectivity index (χ1n) is 18.9. The maximum Gasteiger partial charge on any atom is 0.418 e. The number of nitrogens with zero attached hydrogens (tertiary/aromatic N) is 8. The Kier molecular flexibility index (Phi) is 11.0. The van der Waals surface area contributed by atoms with Crippen molar-refractivity contribution in [2.24, 2.45) is 0 Å². The number of rotatable bonds is 9. The Hall–Kier alpha value is -4.86. The number of piperazine rings is 1. The van der Waals surface area contributed by atoms with Gasteiger partial charge >= 0.3 is 12.2 Å². The highest BCUT2D eigenvalue weighted by atomic mass is 35.5. The molecule has 0 spiro atoms. The second-order valence-corrected chi connectivity index (χ2v) is 16.2. The lowest BCUT2D eigenvalue weighted by Crippen LogP contribution is -2.53. The SMILES string of the molecule is C=C1CN2CCC[C@@]2(COc2nc(N3CCN(C(=O)/C=C/c4cc(CN(C)C)c(C)cn4)C[C@@H]3C)c3cc(Cl)c(-c4nc(N)cc(C)c4C(F)(F)F)c(F)c3n2)C1. The zero-order valence-corrected chi connectivity index (χ0v) is 33.4. The molecule has 3 saturated heterocycles. The zero-order valence-electron chi connectivity index (χ0n) is 32.7. The van der Waals surface area contributed by atoms with E-state index in [9.17, 15) is 18.0 Å². The second-order valence-electron chi connectivity index (χ2n) is 15.8. The number of ether oxygens (including phenoxy) is 1. The third kappa shape index (κ3) is 8.01. The minimum Gasteiger partial charge on any atom is -0.461 e. The van der Waals surface area contributed by atoms with E-state index in [1.807, 2.05) is 38.9 Å². The summed E-state index contributed by atoms with van der Waals surface area (Å²) in [6.45, 7) is 12.8. The topological polar surface area (TPSA) is 117 Å². The maximum atomic E-state index is 17.0. The molecule has 1 amide bonds. The van der Waals surface area contributed by atoms with Gasteiger partial charge in [-0.2, -0.15) is 23.1 Å². The molecule has 0 bridgehead atoms. The van der Waals surface area contributed by atoms with Gasteiger partial charge in [0, 0.05) is 56.4 Å². The summed E-state index contributed by atoms with van der Waals surface area (Å²) in [5.41, 5.74) is 6.55. The number of alkyl halides is 3. The standard InChI is InChI=1S/C41H46ClF4N9O2/c1-23-17-40(10-7-11-54(40)19-23)22-57-39-50-36-29(16-30(42)33(35(36)43)37-34(41(44,45)46)24(2)14-31(47)49-37)38(51-39)55-13-12-53(20-26(55)4)32(56)9-8-28-15-27(21-52(5)6)25(3)18-48-28/h8-9,14-16,18,26H,1,7,10-13,17,19-22H2,2-6H3,(H2,47,49)/b9-8+/t26-,40-/m0/s1. The average molecular weight is 808 g/mol. The normalized spacial score (nSPS) is 20.4. The highest BCUT2D eigenvalue weighted by Crippen LogP contribution is 2.45. The van der Waals surface area contributed by atoms with Crippen molar-refractivity contribution in [3.8, 4) is 17.3 Å². The number of carbonyl (C=O) groups excluding carboxylic acids is 1. The number of halogens is 5. The molecule has 0 saturated carbocycles. The summed E-state index contributed by atoms with van der Waals surface area (Å²) in [6, 6.07) is 3.95. The van der Waals surface area contributed by atoms with E-state index in [1.54, 1.807) is 17.2 Å². The molecule has 11 nitrogen and oxygen atoms in total. The first kappa shape index (κ1) is 40.3. The molecular weight excluding hydrogens is 762 g/mol. The van der Waals surface area contributed by atoms with Gasteiger partial charge in [-0.25, -0.2) is 9.37 Å². The number of hydrogen-bond donors (Lipinski definition) is 1. The van der Waals surface area contributed by atoms with E-state index in [4.69, 9.17) is 27.1 Å². The molecule has 2 atom stereocenters. The Labute approximate surface area is 334 Å². The van der Waals surface area contributed by atoms with E-state index in [0.29, 0.717) is 25.3 Å². The van der Waals surface area contributed by atoms with Crippen molar-refractivity contribution < 1.29 is 27.1 Å². The fraction of sp³-hybridized carbons (Fsp3) is 0.439. The first-order valence-corrected chi connectivity index (χ1v) is 19.2. The number of nitrogens with two attached hydrogens (primary N) is 1. The van der Waals surface area contributed by atoms with Gasteiger partial charge in [0.1, 0.15) is 23.8 Å². The molecule has 0 aliphatic carbocycles. The van der Waals surface area contributed by atoms with Crippen LogP contribution >= 0.6 is 11.6 Å². The molecular formula is C41H46ClF4N9O2. The number of hydrogen-bond acceptors (Lipinski definition) is 10. The maximum absolute atomic E-state index is 17.0. The van der Waals surface area contributed by atoms with Gasteiger partial charge in [0.2, 0.25) is 5.91 Å². The monoisotopic (exact) mass is 807 g/mol. The van der Waals surface area contributed by atoms with E-state index >= 15 is 4.39 Å². The van der Waals surface area contributed by atoms with Crippen LogP contribution in [0.5, 0.6) is 6.01 Å².